The molecule has 256 valence electrons. The van der Waals surface area contributed by atoms with Crippen molar-refractivity contribution in [2.45, 2.75) is 38.5 Å². The van der Waals surface area contributed by atoms with Crippen LogP contribution in [0, 0.1) is 12.8 Å². The summed E-state index contributed by atoms with van der Waals surface area (Å²) in [6, 6.07) is 44.7. The molecule has 0 radical (unpaired) electrons. The van der Waals surface area contributed by atoms with Crippen molar-refractivity contribution >= 4 is 37.1 Å². The van der Waals surface area contributed by atoms with Crippen LogP contribution >= 0.6 is 11.3 Å². The van der Waals surface area contributed by atoms with E-state index in [4.69, 9.17) is 0 Å². The molecule has 1 aromatic heterocycles. The quantitative estimate of drug-likeness (QED) is 0.119. The highest BCUT2D eigenvalue weighted by atomic mass is 32.1. The summed E-state index contributed by atoms with van der Waals surface area (Å²) in [5.41, 5.74) is 10.5. The van der Waals surface area contributed by atoms with Crippen LogP contribution in [-0.2, 0) is 0 Å². The molecule has 0 amide bonds. The number of allylic oxidation sites excluding steroid dienone is 13. The normalized spacial score (nSPS) is 17.8. The summed E-state index contributed by atoms with van der Waals surface area (Å²) >= 11 is 1.94. The van der Waals surface area contributed by atoms with Crippen molar-refractivity contribution in [3.05, 3.63) is 234 Å². The number of hydrogen-bond acceptors (Lipinski definition) is 1. The first-order chi connectivity index (χ1) is 25.6. The molecule has 1 heterocycles. The van der Waals surface area contributed by atoms with Crippen molar-refractivity contribution in [3.63, 3.8) is 0 Å². The molecule has 1 aliphatic carbocycles. The van der Waals surface area contributed by atoms with Crippen molar-refractivity contribution < 1.29 is 0 Å². The number of hydrogen-bond donors (Lipinski definition) is 0. The summed E-state index contributed by atoms with van der Waals surface area (Å²) in [6.45, 7) is 10.6. The van der Waals surface area contributed by atoms with Crippen LogP contribution in [0.2, 0.25) is 0 Å². The van der Waals surface area contributed by atoms with Gasteiger partial charge in [0.2, 0.25) is 0 Å². The molecule has 0 aliphatic heterocycles. The van der Waals surface area contributed by atoms with E-state index < -0.39 is 0 Å². The minimum Gasteiger partial charge on any atom is -0.135 e. The van der Waals surface area contributed by atoms with Crippen LogP contribution in [0.3, 0.4) is 0 Å². The van der Waals surface area contributed by atoms with E-state index in [2.05, 4.69) is 197 Å². The second-order valence-corrected chi connectivity index (χ2v) is 14.7. The minimum atomic E-state index is 0.187. The summed E-state index contributed by atoms with van der Waals surface area (Å²) in [7, 11) is 0. The maximum atomic E-state index is 3.84. The maximum absolute atomic E-state index is 3.84. The van der Waals surface area contributed by atoms with Crippen LogP contribution < -0.4 is 0 Å². The first kappa shape index (κ1) is 34.9. The van der Waals surface area contributed by atoms with Gasteiger partial charge in [-0.15, -0.1) is 11.3 Å². The van der Waals surface area contributed by atoms with Crippen LogP contribution in [-0.4, -0.2) is 0 Å². The van der Waals surface area contributed by atoms with E-state index in [0.29, 0.717) is 0 Å². The van der Waals surface area contributed by atoms with E-state index in [1.807, 2.05) is 29.6 Å². The van der Waals surface area contributed by atoms with Gasteiger partial charge in [-0.3, -0.25) is 0 Å². The third kappa shape index (κ3) is 7.29. The number of thiophene rings is 1. The molecule has 5 aromatic carbocycles. The van der Waals surface area contributed by atoms with Crippen molar-refractivity contribution in [1.29, 1.82) is 0 Å². The van der Waals surface area contributed by atoms with Gasteiger partial charge >= 0.3 is 0 Å². The zero-order chi connectivity index (χ0) is 35.9. The summed E-state index contributed by atoms with van der Waals surface area (Å²) < 4.78 is 2.77. The molecule has 52 heavy (non-hydrogen) atoms. The number of benzene rings is 5. The Hall–Kier alpha value is -5.50. The lowest BCUT2D eigenvalue weighted by atomic mass is 9.69. The molecule has 0 saturated heterocycles. The van der Waals surface area contributed by atoms with E-state index in [1.165, 1.54) is 64.7 Å². The fourth-order valence-electron chi connectivity index (χ4n) is 7.81. The molecule has 0 bridgehead atoms. The second kappa shape index (κ2) is 16.2. The molecule has 0 saturated carbocycles. The Morgan fingerprint density at radius 1 is 0.692 bits per heavy atom. The number of fused-ring (bicyclic) bond motifs is 3. The predicted molar refractivity (Wildman–Crippen MR) is 228 cm³/mol. The van der Waals surface area contributed by atoms with E-state index in [1.54, 1.807) is 0 Å². The van der Waals surface area contributed by atoms with E-state index in [9.17, 15) is 0 Å². The zero-order valence-corrected chi connectivity index (χ0v) is 31.1. The van der Waals surface area contributed by atoms with Crippen LogP contribution in [0.15, 0.2) is 200 Å². The molecule has 0 fully saturated rings. The Bertz CT molecular complexity index is 2340. The lowest BCUT2D eigenvalue weighted by Crippen LogP contribution is -2.21. The lowest BCUT2D eigenvalue weighted by Gasteiger charge is -2.34. The summed E-state index contributed by atoms with van der Waals surface area (Å²) in [5, 5.41) is 2.72. The standard InChI is InChI=1S/C51H46S/c1-5-7-8-11-24-43(35-38(6-2)40-20-12-9-13-21-40)37(4)39-30-32-42(33-31-39)50(41-22-14-10-15-23-41)46-27-17-16-26-45(46)49-36(3)29-34-47-44-25-18-19-28-48(44)52-51(47)49/h5-35,37,45-46,50H,1H2,2-4H3/b8-7-,24-11+,38-6+,43-35-. The topological polar surface area (TPSA) is 0 Å². The Labute approximate surface area is 313 Å². The average molecular weight is 691 g/mol. The maximum Gasteiger partial charge on any atom is 0.0396 e. The van der Waals surface area contributed by atoms with Gasteiger partial charge in [0.05, 0.1) is 0 Å². The predicted octanol–water partition coefficient (Wildman–Crippen LogP) is 14.5. The first-order valence-electron chi connectivity index (χ1n) is 18.4. The van der Waals surface area contributed by atoms with Crippen molar-refractivity contribution in [1.82, 2.24) is 0 Å². The van der Waals surface area contributed by atoms with Gasteiger partial charge in [0, 0.05) is 37.9 Å². The highest BCUT2D eigenvalue weighted by Gasteiger charge is 2.33. The Morgan fingerprint density at radius 2 is 1.37 bits per heavy atom. The fraction of sp³-hybridized carbons (Fsp3) is 0.137. The lowest BCUT2D eigenvalue weighted by molar-refractivity contribution is 0.513. The van der Waals surface area contributed by atoms with E-state index in [0.717, 1.165) is 0 Å². The molecule has 4 atom stereocenters. The average Bonchev–Trinajstić information content (AvgIpc) is 3.57. The Balaban J connectivity index is 1.28. The van der Waals surface area contributed by atoms with Gasteiger partial charge in [-0.05, 0) is 70.4 Å². The summed E-state index contributed by atoms with van der Waals surface area (Å²) in [6.07, 6.45) is 24.1. The Morgan fingerprint density at radius 3 is 2.12 bits per heavy atom. The third-order valence-corrected chi connectivity index (χ3v) is 11.8. The van der Waals surface area contributed by atoms with Gasteiger partial charge in [-0.1, -0.05) is 196 Å². The molecule has 4 unspecified atom stereocenters. The Kier molecular flexibility index (Phi) is 10.9. The SMILES string of the molecule is C=C\C=C/C=C/C(=C/C(=C\C)c1ccccc1)C(C)c1ccc(C(c2ccccc2)C2C=CC=CC2c2c(C)ccc3c2sc2ccccc23)cc1. The van der Waals surface area contributed by atoms with Crippen LogP contribution in [0.4, 0.5) is 0 Å². The minimum absolute atomic E-state index is 0.187. The molecular formula is C51H46S. The largest absolute Gasteiger partial charge is 0.135 e. The molecule has 0 nitrogen and oxygen atoms in total. The highest BCUT2D eigenvalue weighted by molar-refractivity contribution is 7.26. The number of aryl methyl sites for hydroxylation is 1. The van der Waals surface area contributed by atoms with Gasteiger partial charge in [0.1, 0.15) is 0 Å². The van der Waals surface area contributed by atoms with Gasteiger partial charge in [-0.25, -0.2) is 0 Å². The molecule has 7 rings (SSSR count). The van der Waals surface area contributed by atoms with Crippen molar-refractivity contribution in [3.8, 4) is 0 Å². The molecular weight excluding hydrogens is 645 g/mol. The van der Waals surface area contributed by atoms with Gasteiger partial charge in [0.15, 0.2) is 0 Å². The van der Waals surface area contributed by atoms with Crippen LogP contribution in [0.5, 0.6) is 0 Å². The molecule has 0 spiro atoms. The molecule has 1 heteroatoms. The van der Waals surface area contributed by atoms with Crippen LogP contribution in [0.1, 0.15) is 65.0 Å². The first-order valence-corrected chi connectivity index (χ1v) is 19.2. The molecule has 0 N–H and O–H groups in total. The molecule has 1 aliphatic rings. The van der Waals surface area contributed by atoms with E-state index >= 15 is 0 Å². The second-order valence-electron chi connectivity index (χ2n) is 13.7. The molecule has 6 aromatic rings. The zero-order valence-electron chi connectivity index (χ0n) is 30.3. The summed E-state index contributed by atoms with van der Waals surface area (Å²) in [5.74, 6) is 0.872. The number of rotatable bonds is 11. The van der Waals surface area contributed by atoms with Gasteiger partial charge < -0.3 is 0 Å². The fourth-order valence-corrected chi connectivity index (χ4v) is 9.16. The van der Waals surface area contributed by atoms with Crippen molar-refractivity contribution in [2.75, 3.05) is 0 Å². The summed E-state index contributed by atoms with van der Waals surface area (Å²) in [4.78, 5) is 0. The highest BCUT2D eigenvalue weighted by Crippen LogP contribution is 2.48. The smallest absolute Gasteiger partial charge is 0.0396 e. The third-order valence-electron chi connectivity index (χ3n) is 10.5. The van der Waals surface area contributed by atoms with Crippen LogP contribution in [0.25, 0.3) is 25.7 Å². The van der Waals surface area contributed by atoms with Crippen molar-refractivity contribution in [2.24, 2.45) is 5.92 Å². The van der Waals surface area contributed by atoms with Gasteiger partial charge in [-0.2, -0.15) is 0 Å². The monoisotopic (exact) mass is 690 g/mol. The van der Waals surface area contributed by atoms with Gasteiger partial charge in [0.25, 0.3) is 0 Å². The van der Waals surface area contributed by atoms with E-state index in [-0.39, 0.29) is 23.7 Å².